The number of halogens is 15. The van der Waals surface area contributed by atoms with E-state index < -0.39 is 133 Å². The molecule has 1 atom stereocenters. The lowest BCUT2D eigenvalue weighted by Gasteiger charge is -2.34. The number of nitrogens with zero attached hydrogens (tertiary/aromatic N) is 2. The maximum Gasteiger partial charge on any atom is 0.352 e. The van der Waals surface area contributed by atoms with Crippen molar-refractivity contribution >= 4 is 58.2 Å². The molecule has 1 unspecified atom stereocenters. The minimum absolute atomic E-state index is 0.0785. The largest absolute Gasteiger partial charge is 0.352 e. The van der Waals surface area contributed by atoms with Crippen molar-refractivity contribution < 1.29 is 94.6 Å². The molecule has 7 aromatic carbocycles. The maximum atomic E-state index is 14.9. The van der Waals surface area contributed by atoms with Crippen molar-refractivity contribution in [2.45, 2.75) is 50.5 Å². The summed E-state index contributed by atoms with van der Waals surface area (Å²) in [5, 5.41) is 10.6. The van der Waals surface area contributed by atoms with Gasteiger partial charge in [0.15, 0.2) is 34.9 Å². The maximum absolute atomic E-state index is 14.9. The number of hydrogen-bond acceptors (Lipinski definition) is 7. The van der Waals surface area contributed by atoms with Gasteiger partial charge in [0.1, 0.15) is 17.5 Å². The number of para-hydroxylation sites is 1. The van der Waals surface area contributed by atoms with Crippen LogP contribution in [0.4, 0.5) is 88.6 Å². The van der Waals surface area contributed by atoms with E-state index >= 15 is 0 Å². The number of nitrogens with one attached hydrogen (secondary N) is 5. The second kappa shape index (κ2) is 29.8. The standard InChI is InChI=1S/C22H21F5N2O2.C21H14F5N3O2.C21H13F5N2O2/c1-2-13-4-3-9-29(12-13)21(31)22(26,27)16-10-14(5-7-17(16)23)20(30)28-15-6-8-18(24)19(25)11-15;22-16-3-1-13(19(30)29-14-2-4-17(23)18(24)10-14)9-15(16)21(25,26)20(31)28-11-12-5-7-27-8-6-12;22-16-8-6-12(19(29)27-14-7-9-17(23)18(24)11-14)10-15(16)21(25,26)20(30)28-13-4-2-1-3-5-13/h5-8,10-11,13H,2-4,9,12H2,1H3,(H,28,30);1-10H,11H2,(H,28,31)(H,29,30);1-11H,(H,27,29)(H,28,30). The fourth-order valence-corrected chi connectivity index (χ4v) is 8.72. The third kappa shape index (κ3) is 17.2. The van der Waals surface area contributed by atoms with E-state index in [9.17, 15) is 94.6 Å². The van der Waals surface area contributed by atoms with E-state index in [-0.39, 0.29) is 53.9 Å². The van der Waals surface area contributed by atoms with Gasteiger partial charge in [0, 0.05) is 89.7 Å². The van der Waals surface area contributed by atoms with E-state index in [0.29, 0.717) is 60.5 Å². The number of carbonyl (C=O) groups is 6. The molecule has 0 aliphatic carbocycles. The first kappa shape index (κ1) is 68.9. The van der Waals surface area contributed by atoms with Gasteiger partial charge in [0.05, 0.1) is 16.7 Å². The van der Waals surface area contributed by atoms with Gasteiger partial charge in [-0.15, -0.1) is 0 Å². The molecule has 13 nitrogen and oxygen atoms in total. The quantitative estimate of drug-likeness (QED) is 0.0598. The topological polar surface area (TPSA) is 179 Å². The molecule has 1 saturated heterocycles. The third-order valence-corrected chi connectivity index (χ3v) is 13.7. The molecule has 1 aliphatic heterocycles. The van der Waals surface area contributed by atoms with Gasteiger partial charge in [-0.2, -0.15) is 26.3 Å². The molecule has 0 radical (unpaired) electrons. The summed E-state index contributed by atoms with van der Waals surface area (Å²) in [6.07, 6.45) is 4.98. The van der Waals surface area contributed by atoms with Gasteiger partial charge in [0.2, 0.25) is 0 Å². The molecule has 1 aromatic heterocycles. The van der Waals surface area contributed by atoms with Gasteiger partial charge in [-0.05, 0) is 140 Å². The molecule has 0 bridgehead atoms. The number of pyridine rings is 1. The Morgan fingerprint density at radius 3 is 1.24 bits per heavy atom. The number of piperidine rings is 1. The van der Waals surface area contributed by atoms with Crippen LogP contribution in [0.25, 0.3) is 0 Å². The SMILES string of the molecule is CCC1CCCN(C(=O)C(F)(F)c2cc(C(=O)Nc3ccc(F)c(F)c3)ccc2F)C1.O=C(Nc1ccc(F)c(F)c1)c1ccc(F)c(C(F)(F)C(=O)NCc2ccncc2)c1.O=C(Nc1ccc(F)c(F)c1)c1ccc(F)c(C(F)(F)C(=O)Nc2ccccc2)c1. The van der Waals surface area contributed by atoms with Crippen LogP contribution >= 0.6 is 0 Å². The second-order valence-corrected chi connectivity index (χ2v) is 20.1. The highest BCUT2D eigenvalue weighted by Gasteiger charge is 2.48. The van der Waals surface area contributed by atoms with Crippen LogP contribution in [0.2, 0.25) is 0 Å². The molecule has 1 aliphatic rings. The van der Waals surface area contributed by atoms with Crippen LogP contribution in [0.3, 0.4) is 0 Å². The Balaban J connectivity index is 0.000000196. The highest BCUT2D eigenvalue weighted by molar-refractivity contribution is 6.06. The molecule has 5 N–H and O–H groups in total. The van der Waals surface area contributed by atoms with Crippen molar-refractivity contribution in [3.05, 3.63) is 255 Å². The van der Waals surface area contributed by atoms with E-state index in [0.717, 1.165) is 78.4 Å². The summed E-state index contributed by atoms with van der Waals surface area (Å²) < 4.78 is 209. The van der Waals surface area contributed by atoms with E-state index in [1.54, 1.807) is 6.07 Å². The number of benzene rings is 7. The first-order valence-corrected chi connectivity index (χ1v) is 27.2. The fraction of sp³-hybridized carbons (Fsp3) is 0.172. The highest BCUT2D eigenvalue weighted by atomic mass is 19.3. The number of carbonyl (C=O) groups excluding carboxylic acids is 6. The summed E-state index contributed by atoms with van der Waals surface area (Å²) in [4.78, 5) is 78.2. The summed E-state index contributed by atoms with van der Waals surface area (Å²) in [5.41, 5.74) is -4.84. The lowest BCUT2D eigenvalue weighted by molar-refractivity contribution is -0.161. The zero-order valence-electron chi connectivity index (χ0n) is 47.4. The second-order valence-electron chi connectivity index (χ2n) is 20.1. The van der Waals surface area contributed by atoms with Gasteiger partial charge >= 0.3 is 17.8 Å². The Labute approximate surface area is 512 Å². The van der Waals surface area contributed by atoms with Crippen LogP contribution in [0.5, 0.6) is 0 Å². The Kier molecular flexibility index (Phi) is 22.4. The van der Waals surface area contributed by atoms with E-state index in [1.807, 2.05) is 17.6 Å². The summed E-state index contributed by atoms with van der Waals surface area (Å²) in [6, 6.07) is 24.3. The van der Waals surface area contributed by atoms with E-state index in [1.165, 1.54) is 48.8 Å². The number of amides is 6. The highest BCUT2D eigenvalue weighted by Crippen LogP contribution is 2.37. The number of alkyl halides is 6. The van der Waals surface area contributed by atoms with Gasteiger partial charge in [-0.25, -0.2) is 39.5 Å². The molecular weight excluding hydrogens is 1250 g/mol. The summed E-state index contributed by atoms with van der Waals surface area (Å²) in [6.45, 7) is 1.99. The number of rotatable bonds is 16. The van der Waals surface area contributed by atoms with E-state index in [2.05, 4.69) is 20.9 Å². The lowest BCUT2D eigenvalue weighted by Crippen LogP contribution is -2.47. The molecule has 0 saturated carbocycles. The van der Waals surface area contributed by atoms with Crippen molar-refractivity contribution in [1.29, 1.82) is 0 Å². The number of anilines is 4. The number of hydrogen-bond donors (Lipinski definition) is 5. The Bertz CT molecular complexity index is 4040. The normalized spacial score (nSPS) is 13.0. The van der Waals surface area contributed by atoms with Crippen LogP contribution in [-0.4, -0.2) is 58.4 Å². The van der Waals surface area contributed by atoms with Crippen LogP contribution in [0.15, 0.2) is 164 Å². The van der Waals surface area contributed by atoms with Gasteiger partial charge < -0.3 is 31.5 Å². The molecule has 2 heterocycles. The van der Waals surface area contributed by atoms with Crippen LogP contribution in [0, 0.1) is 58.3 Å². The number of likely N-dealkylation sites (tertiary alicyclic amines) is 1. The molecule has 480 valence electrons. The summed E-state index contributed by atoms with van der Waals surface area (Å²) in [5.74, 6) is -31.8. The Morgan fingerprint density at radius 1 is 0.446 bits per heavy atom. The Hall–Kier alpha value is -10.5. The minimum Gasteiger partial charge on any atom is -0.346 e. The molecular formula is C64H48F15N7O6. The first-order chi connectivity index (χ1) is 43.5. The monoisotopic (exact) mass is 1300 g/mol. The predicted molar refractivity (Wildman–Crippen MR) is 305 cm³/mol. The average molecular weight is 1300 g/mol. The van der Waals surface area contributed by atoms with Gasteiger partial charge in [0.25, 0.3) is 35.4 Å². The Morgan fingerprint density at radius 2 is 0.837 bits per heavy atom. The summed E-state index contributed by atoms with van der Waals surface area (Å²) in [7, 11) is 0. The first-order valence-electron chi connectivity index (χ1n) is 27.2. The molecule has 92 heavy (non-hydrogen) atoms. The molecule has 9 rings (SSSR count). The minimum atomic E-state index is -4.29. The lowest BCUT2D eigenvalue weighted by atomic mass is 9.94. The average Bonchev–Trinajstić information content (AvgIpc) is 0.818. The van der Waals surface area contributed by atoms with Crippen molar-refractivity contribution in [3.8, 4) is 0 Å². The van der Waals surface area contributed by atoms with Crippen molar-refractivity contribution in [2.75, 3.05) is 34.4 Å². The van der Waals surface area contributed by atoms with Crippen LogP contribution in [-0.2, 0) is 38.7 Å². The van der Waals surface area contributed by atoms with Crippen molar-refractivity contribution in [3.63, 3.8) is 0 Å². The number of aromatic nitrogens is 1. The predicted octanol–water partition coefficient (Wildman–Crippen LogP) is 14.3. The molecule has 1 fully saturated rings. The third-order valence-electron chi connectivity index (χ3n) is 13.7. The summed E-state index contributed by atoms with van der Waals surface area (Å²) >= 11 is 0. The van der Waals surface area contributed by atoms with Gasteiger partial charge in [-0.3, -0.25) is 33.8 Å². The smallest absolute Gasteiger partial charge is 0.346 e. The van der Waals surface area contributed by atoms with Gasteiger partial charge in [-0.1, -0.05) is 31.5 Å². The van der Waals surface area contributed by atoms with E-state index in [4.69, 9.17) is 0 Å². The van der Waals surface area contributed by atoms with Crippen molar-refractivity contribution in [1.82, 2.24) is 15.2 Å². The molecule has 0 spiro atoms. The van der Waals surface area contributed by atoms with Crippen LogP contribution < -0.4 is 26.6 Å². The zero-order chi connectivity index (χ0) is 67.2. The van der Waals surface area contributed by atoms with Crippen molar-refractivity contribution in [2.24, 2.45) is 5.92 Å². The fourth-order valence-electron chi connectivity index (χ4n) is 8.72. The molecule has 28 heteroatoms. The molecule has 8 aromatic rings. The molecule has 6 amide bonds. The van der Waals surface area contributed by atoms with Crippen LogP contribution in [0.1, 0.15) is 79.5 Å². The zero-order valence-corrected chi connectivity index (χ0v) is 47.4.